The lowest BCUT2D eigenvalue weighted by molar-refractivity contribution is 1.15. The van der Waals surface area contributed by atoms with Crippen LogP contribution in [-0.2, 0) is 0 Å². The van der Waals surface area contributed by atoms with Crippen LogP contribution in [0.25, 0.3) is 11.3 Å². The summed E-state index contributed by atoms with van der Waals surface area (Å²) >= 11 is 11.7. The number of hydrogen-bond acceptors (Lipinski definition) is 3. The largest absolute Gasteiger partial charge is 0.241 e. The first-order chi connectivity index (χ1) is 7.16. The highest BCUT2D eigenvalue weighted by molar-refractivity contribution is 6.32. The summed E-state index contributed by atoms with van der Waals surface area (Å²) in [4.78, 5) is 12.0. The maximum atomic E-state index is 6.00. The Balaban J connectivity index is 2.54. The van der Waals surface area contributed by atoms with Crippen LogP contribution in [-0.4, -0.2) is 15.0 Å². The van der Waals surface area contributed by atoms with Crippen LogP contribution >= 0.6 is 23.2 Å². The summed E-state index contributed by atoms with van der Waals surface area (Å²) in [6, 6.07) is 5.48. The van der Waals surface area contributed by atoms with Crippen molar-refractivity contribution in [2.45, 2.75) is 6.92 Å². The average molecular weight is 240 g/mol. The molecule has 2 aromatic rings. The SMILES string of the molecule is Cc1ccc(-c2ccnc(Cl)n2)c(Cl)n1. The number of hydrogen-bond donors (Lipinski definition) is 0. The van der Waals surface area contributed by atoms with E-state index in [9.17, 15) is 0 Å². The van der Waals surface area contributed by atoms with Gasteiger partial charge in [-0.25, -0.2) is 15.0 Å². The van der Waals surface area contributed by atoms with Gasteiger partial charge in [0.1, 0.15) is 5.15 Å². The van der Waals surface area contributed by atoms with Gasteiger partial charge in [-0.2, -0.15) is 0 Å². The van der Waals surface area contributed by atoms with E-state index in [1.54, 1.807) is 12.3 Å². The molecular formula is C10H7Cl2N3. The molecule has 0 saturated heterocycles. The number of aryl methyl sites for hydroxylation is 1. The van der Waals surface area contributed by atoms with Crippen molar-refractivity contribution in [3.05, 3.63) is 40.5 Å². The first-order valence-corrected chi connectivity index (χ1v) is 5.04. The first-order valence-electron chi connectivity index (χ1n) is 4.29. The van der Waals surface area contributed by atoms with Gasteiger partial charge in [0.15, 0.2) is 0 Å². The van der Waals surface area contributed by atoms with Crippen molar-refractivity contribution < 1.29 is 0 Å². The van der Waals surface area contributed by atoms with Crippen LogP contribution in [0.1, 0.15) is 5.69 Å². The summed E-state index contributed by atoms with van der Waals surface area (Å²) in [5.41, 5.74) is 2.29. The molecule has 15 heavy (non-hydrogen) atoms. The Kier molecular flexibility index (Phi) is 2.84. The Labute approximate surface area is 97.1 Å². The highest BCUT2D eigenvalue weighted by Crippen LogP contribution is 2.24. The molecular weight excluding hydrogens is 233 g/mol. The maximum Gasteiger partial charge on any atom is 0.222 e. The first kappa shape index (κ1) is 10.3. The molecule has 0 radical (unpaired) electrons. The van der Waals surface area contributed by atoms with Crippen LogP contribution < -0.4 is 0 Å². The third kappa shape index (κ3) is 2.25. The van der Waals surface area contributed by atoms with Crippen LogP contribution in [0.5, 0.6) is 0 Å². The zero-order valence-corrected chi connectivity index (χ0v) is 9.42. The summed E-state index contributed by atoms with van der Waals surface area (Å²) in [5.74, 6) is 0. The minimum Gasteiger partial charge on any atom is -0.241 e. The van der Waals surface area contributed by atoms with Crippen molar-refractivity contribution in [3.8, 4) is 11.3 Å². The number of pyridine rings is 1. The van der Waals surface area contributed by atoms with E-state index in [4.69, 9.17) is 23.2 Å². The molecule has 0 aliphatic heterocycles. The standard InChI is InChI=1S/C10H7Cl2N3/c1-6-2-3-7(9(11)14-6)8-4-5-13-10(12)15-8/h2-5H,1H3. The second-order valence-corrected chi connectivity index (χ2v) is 3.70. The van der Waals surface area contributed by atoms with Gasteiger partial charge in [-0.3, -0.25) is 0 Å². The summed E-state index contributed by atoms with van der Waals surface area (Å²) in [6.07, 6.45) is 1.58. The summed E-state index contributed by atoms with van der Waals surface area (Å²) in [5, 5.41) is 0.619. The van der Waals surface area contributed by atoms with Gasteiger partial charge in [-0.15, -0.1) is 0 Å². The third-order valence-corrected chi connectivity index (χ3v) is 2.36. The summed E-state index contributed by atoms with van der Waals surface area (Å²) < 4.78 is 0. The van der Waals surface area contributed by atoms with Gasteiger partial charge >= 0.3 is 0 Å². The molecule has 0 fully saturated rings. The Bertz CT molecular complexity index is 500. The van der Waals surface area contributed by atoms with Crippen molar-refractivity contribution in [2.75, 3.05) is 0 Å². The fourth-order valence-corrected chi connectivity index (χ4v) is 1.64. The van der Waals surface area contributed by atoms with Crippen molar-refractivity contribution in [2.24, 2.45) is 0 Å². The Hall–Kier alpha value is -1.19. The lowest BCUT2D eigenvalue weighted by Crippen LogP contribution is -1.90. The van der Waals surface area contributed by atoms with Gasteiger partial charge in [0, 0.05) is 17.5 Å². The number of nitrogens with zero attached hydrogens (tertiary/aromatic N) is 3. The maximum absolute atomic E-state index is 6.00. The topological polar surface area (TPSA) is 38.7 Å². The molecule has 0 saturated carbocycles. The minimum absolute atomic E-state index is 0.198. The molecule has 5 heteroatoms. The van der Waals surface area contributed by atoms with Crippen LogP contribution in [0.15, 0.2) is 24.4 Å². The van der Waals surface area contributed by atoms with Crippen molar-refractivity contribution in [1.29, 1.82) is 0 Å². The van der Waals surface area contributed by atoms with Gasteiger partial charge in [0.05, 0.1) is 5.69 Å². The molecule has 3 nitrogen and oxygen atoms in total. The fourth-order valence-electron chi connectivity index (χ4n) is 1.20. The van der Waals surface area contributed by atoms with E-state index >= 15 is 0 Å². The molecule has 2 heterocycles. The number of rotatable bonds is 1. The van der Waals surface area contributed by atoms with Gasteiger partial charge in [0.25, 0.3) is 0 Å². The molecule has 0 aliphatic rings. The van der Waals surface area contributed by atoms with Gasteiger partial charge < -0.3 is 0 Å². The molecule has 0 spiro atoms. The summed E-state index contributed by atoms with van der Waals surface area (Å²) in [6.45, 7) is 1.88. The number of aromatic nitrogens is 3. The number of halogens is 2. The highest BCUT2D eigenvalue weighted by Gasteiger charge is 2.06. The van der Waals surface area contributed by atoms with Gasteiger partial charge in [-0.1, -0.05) is 11.6 Å². The van der Waals surface area contributed by atoms with E-state index < -0.39 is 0 Å². The molecule has 0 bridgehead atoms. The van der Waals surface area contributed by atoms with E-state index in [-0.39, 0.29) is 5.28 Å². The highest BCUT2D eigenvalue weighted by atomic mass is 35.5. The molecule has 76 valence electrons. The van der Waals surface area contributed by atoms with Crippen molar-refractivity contribution in [1.82, 2.24) is 15.0 Å². The van der Waals surface area contributed by atoms with E-state index in [0.29, 0.717) is 10.8 Å². The molecule has 2 aromatic heterocycles. The molecule has 0 atom stereocenters. The van der Waals surface area contributed by atoms with E-state index in [1.807, 2.05) is 19.1 Å². The lowest BCUT2D eigenvalue weighted by Gasteiger charge is -2.03. The normalized spacial score (nSPS) is 10.3. The molecule has 2 rings (SSSR count). The summed E-state index contributed by atoms with van der Waals surface area (Å²) in [7, 11) is 0. The van der Waals surface area contributed by atoms with E-state index in [1.165, 1.54) is 0 Å². The third-order valence-electron chi connectivity index (χ3n) is 1.89. The van der Waals surface area contributed by atoms with Crippen LogP contribution in [0.2, 0.25) is 10.4 Å². The van der Waals surface area contributed by atoms with E-state index in [2.05, 4.69) is 15.0 Å². The zero-order chi connectivity index (χ0) is 10.8. The second kappa shape index (κ2) is 4.13. The molecule has 0 aliphatic carbocycles. The predicted octanol–water partition coefficient (Wildman–Crippen LogP) is 3.15. The smallest absolute Gasteiger partial charge is 0.222 e. The van der Waals surface area contributed by atoms with E-state index in [0.717, 1.165) is 11.3 Å². The molecule has 0 unspecified atom stereocenters. The fraction of sp³-hybridized carbons (Fsp3) is 0.100. The average Bonchev–Trinajstić information content (AvgIpc) is 2.17. The molecule has 0 aromatic carbocycles. The van der Waals surface area contributed by atoms with Crippen LogP contribution in [0.3, 0.4) is 0 Å². The predicted molar refractivity (Wildman–Crippen MR) is 60.0 cm³/mol. The monoisotopic (exact) mass is 239 g/mol. The molecule has 0 N–H and O–H groups in total. The van der Waals surface area contributed by atoms with Gasteiger partial charge in [-0.05, 0) is 36.7 Å². The Morgan fingerprint density at radius 1 is 1.07 bits per heavy atom. The van der Waals surface area contributed by atoms with Crippen LogP contribution in [0, 0.1) is 6.92 Å². The Morgan fingerprint density at radius 2 is 1.87 bits per heavy atom. The van der Waals surface area contributed by atoms with Crippen molar-refractivity contribution in [3.63, 3.8) is 0 Å². The Morgan fingerprint density at radius 3 is 2.53 bits per heavy atom. The molecule has 0 amide bonds. The second-order valence-electron chi connectivity index (χ2n) is 3.00. The quantitative estimate of drug-likeness (QED) is 0.567. The van der Waals surface area contributed by atoms with Crippen LogP contribution in [0.4, 0.5) is 0 Å². The zero-order valence-electron chi connectivity index (χ0n) is 7.91. The lowest BCUT2D eigenvalue weighted by atomic mass is 10.2. The minimum atomic E-state index is 0.198. The van der Waals surface area contributed by atoms with Crippen molar-refractivity contribution >= 4 is 23.2 Å². The van der Waals surface area contributed by atoms with Gasteiger partial charge in [0.2, 0.25) is 5.28 Å².